The van der Waals surface area contributed by atoms with Crippen molar-refractivity contribution in [1.29, 1.82) is 0 Å². The Morgan fingerprint density at radius 3 is 2.12 bits per heavy atom. The molecule has 1 saturated carbocycles. The molecular weight excluding hydrogens is 340 g/mol. The zero-order valence-corrected chi connectivity index (χ0v) is 13.8. The largest absolute Gasteiger partial charge is 0.394 e. The molecule has 1 saturated heterocycles. The standard InChI is InChI=1S/C18H18N2O6/c21-8-13(16(22)9-3-5-12(6-4-9)20(25)26)19-17(23)14-10-1-2-11(7-10)15(14)18(19)24/h1-6,10-11,13-16,21-22H,7-8H2/t10-,11-,13+,14-,15-,16+/m0/s1. The summed E-state index contributed by atoms with van der Waals surface area (Å²) >= 11 is 0. The molecule has 4 rings (SSSR count). The number of imide groups is 1. The molecular formula is C18H18N2O6. The van der Waals surface area contributed by atoms with Crippen LogP contribution in [0.4, 0.5) is 5.69 Å². The van der Waals surface area contributed by atoms with E-state index in [1.165, 1.54) is 24.3 Å². The molecule has 1 aromatic rings. The number of hydrogen-bond donors (Lipinski definition) is 2. The van der Waals surface area contributed by atoms with Crippen LogP contribution in [0.15, 0.2) is 36.4 Å². The maximum atomic E-state index is 12.8. The van der Waals surface area contributed by atoms with Crippen LogP contribution < -0.4 is 0 Å². The van der Waals surface area contributed by atoms with Crippen LogP contribution in [0.5, 0.6) is 0 Å². The summed E-state index contributed by atoms with van der Waals surface area (Å²) in [5, 5.41) is 31.1. The SMILES string of the molecule is O=C1[C@@H]2[C@@H](C(=O)N1[C@H](CO)[C@H](O)c1ccc([N+](=O)[O-])cc1)[C@H]1C=C[C@H]2C1. The fourth-order valence-electron chi connectivity index (χ4n) is 4.59. The van der Waals surface area contributed by atoms with Gasteiger partial charge >= 0.3 is 0 Å². The first-order valence-corrected chi connectivity index (χ1v) is 8.52. The molecule has 1 aliphatic heterocycles. The Bertz CT molecular complexity index is 774. The van der Waals surface area contributed by atoms with Gasteiger partial charge in [-0.15, -0.1) is 0 Å². The first-order valence-electron chi connectivity index (χ1n) is 8.52. The first-order chi connectivity index (χ1) is 12.4. The third-order valence-electron chi connectivity index (χ3n) is 5.83. The molecule has 3 aliphatic rings. The van der Waals surface area contributed by atoms with E-state index in [1.54, 1.807) is 0 Å². The Kier molecular flexibility index (Phi) is 3.89. The van der Waals surface area contributed by atoms with Gasteiger partial charge in [0.1, 0.15) is 6.10 Å². The molecule has 26 heavy (non-hydrogen) atoms. The molecule has 8 heteroatoms. The number of amides is 2. The lowest BCUT2D eigenvalue weighted by atomic mass is 9.85. The normalized spacial score (nSPS) is 31.4. The highest BCUT2D eigenvalue weighted by atomic mass is 16.6. The number of non-ortho nitro benzene ring substituents is 1. The first kappa shape index (κ1) is 16.9. The number of hydrogen-bond acceptors (Lipinski definition) is 6. The second-order valence-corrected chi connectivity index (χ2v) is 7.09. The van der Waals surface area contributed by atoms with Gasteiger partial charge < -0.3 is 10.2 Å². The summed E-state index contributed by atoms with van der Waals surface area (Å²) in [6.45, 7) is -0.585. The van der Waals surface area contributed by atoms with Crippen molar-refractivity contribution < 1.29 is 24.7 Å². The van der Waals surface area contributed by atoms with Crippen LogP contribution in [0.3, 0.4) is 0 Å². The van der Waals surface area contributed by atoms with Crippen molar-refractivity contribution in [3.8, 4) is 0 Å². The second kappa shape index (κ2) is 6.00. The highest BCUT2D eigenvalue weighted by Gasteiger charge is 2.60. The average Bonchev–Trinajstić information content (AvgIpc) is 3.31. The van der Waals surface area contributed by atoms with Crippen LogP contribution in [0.25, 0.3) is 0 Å². The van der Waals surface area contributed by atoms with Crippen molar-refractivity contribution in [3.63, 3.8) is 0 Å². The Balaban J connectivity index is 1.60. The van der Waals surface area contributed by atoms with E-state index in [1.807, 2.05) is 12.2 Å². The maximum absolute atomic E-state index is 12.8. The van der Waals surface area contributed by atoms with Crippen LogP contribution in [0.2, 0.25) is 0 Å². The average molecular weight is 358 g/mol. The fourth-order valence-corrected chi connectivity index (χ4v) is 4.59. The number of rotatable bonds is 5. The topological polar surface area (TPSA) is 121 Å². The van der Waals surface area contributed by atoms with Crippen molar-refractivity contribution in [2.45, 2.75) is 18.6 Å². The van der Waals surface area contributed by atoms with Gasteiger partial charge in [-0.05, 0) is 36.0 Å². The van der Waals surface area contributed by atoms with Gasteiger partial charge in [-0.1, -0.05) is 12.2 Å². The summed E-state index contributed by atoms with van der Waals surface area (Å²) < 4.78 is 0. The van der Waals surface area contributed by atoms with Gasteiger partial charge in [0.2, 0.25) is 11.8 Å². The van der Waals surface area contributed by atoms with E-state index in [9.17, 15) is 29.9 Å². The number of allylic oxidation sites excluding steroid dienone is 2. The molecule has 136 valence electrons. The van der Waals surface area contributed by atoms with Crippen LogP contribution in [0, 0.1) is 33.8 Å². The number of carbonyl (C=O) groups is 2. The third kappa shape index (κ3) is 2.29. The quantitative estimate of drug-likeness (QED) is 0.347. The fraction of sp³-hybridized carbons (Fsp3) is 0.444. The highest BCUT2D eigenvalue weighted by molar-refractivity contribution is 6.06. The summed E-state index contributed by atoms with van der Waals surface area (Å²) in [6, 6.07) is 4.09. The van der Waals surface area contributed by atoms with Gasteiger partial charge in [-0.25, -0.2) is 0 Å². The molecule has 2 aliphatic carbocycles. The van der Waals surface area contributed by atoms with Crippen molar-refractivity contribution in [3.05, 3.63) is 52.1 Å². The van der Waals surface area contributed by atoms with Crippen molar-refractivity contribution in [2.75, 3.05) is 6.61 Å². The molecule has 8 nitrogen and oxygen atoms in total. The molecule has 2 bridgehead atoms. The van der Waals surface area contributed by atoms with Crippen LogP contribution in [-0.4, -0.2) is 44.5 Å². The Labute approximate surface area is 148 Å². The van der Waals surface area contributed by atoms with E-state index in [0.717, 1.165) is 11.3 Å². The Morgan fingerprint density at radius 2 is 1.65 bits per heavy atom. The minimum Gasteiger partial charge on any atom is -0.394 e. The Hall–Kier alpha value is -2.58. The van der Waals surface area contributed by atoms with E-state index in [-0.39, 0.29) is 29.3 Å². The maximum Gasteiger partial charge on any atom is 0.269 e. The van der Waals surface area contributed by atoms with Gasteiger partial charge in [0.25, 0.3) is 5.69 Å². The number of benzene rings is 1. The molecule has 1 aromatic carbocycles. The van der Waals surface area contributed by atoms with Crippen LogP contribution in [-0.2, 0) is 9.59 Å². The third-order valence-corrected chi connectivity index (χ3v) is 5.83. The van der Waals surface area contributed by atoms with E-state index >= 15 is 0 Å². The summed E-state index contributed by atoms with van der Waals surface area (Å²) in [5.74, 6) is -1.43. The van der Waals surface area contributed by atoms with Gasteiger partial charge in [-0.3, -0.25) is 24.6 Å². The number of nitrogens with zero attached hydrogens (tertiary/aromatic N) is 2. The van der Waals surface area contributed by atoms with E-state index in [0.29, 0.717) is 5.56 Å². The highest BCUT2D eigenvalue weighted by Crippen LogP contribution is 2.53. The molecule has 0 unspecified atom stereocenters. The zero-order valence-electron chi connectivity index (χ0n) is 13.8. The minimum atomic E-state index is -1.32. The number of nitro benzene ring substituents is 1. The molecule has 2 N–H and O–H groups in total. The van der Waals surface area contributed by atoms with Crippen molar-refractivity contribution >= 4 is 17.5 Å². The minimum absolute atomic E-state index is 0.0438. The van der Waals surface area contributed by atoms with E-state index < -0.39 is 35.5 Å². The number of carbonyl (C=O) groups excluding carboxylic acids is 2. The molecule has 0 radical (unpaired) electrons. The summed E-state index contributed by atoms with van der Waals surface area (Å²) in [6.07, 6.45) is 3.43. The van der Waals surface area contributed by atoms with Crippen molar-refractivity contribution in [1.82, 2.24) is 4.90 Å². The molecule has 6 atom stereocenters. The van der Waals surface area contributed by atoms with E-state index in [4.69, 9.17) is 0 Å². The summed E-state index contributed by atoms with van der Waals surface area (Å²) in [4.78, 5) is 36.8. The second-order valence-electron chi connectivity index (χ2n) is 7.09. The number of fused-ring (bicyclic) bond motifs is 5. The zero-order chi connectivity index (χ0) is 18.6. The number of likely N-dealkylation sites (tertiary alicyclic amines) is 1. The number of nitro groups is 1. The lowest BCUT2D eigenvalue weighted by molar-refractivity contribution is -0.384. The lowest BCUT2D eigenvalue weighted by Crippen LogP contribution is -2.47. The van der Waals surface area contributed by atoms with Gasteiger partial charge in [0, 0.05) is 12.1 Å². The van der Waals surface area contributed by atoms with Crippen LogP contribution >= 0.6 is 0 Å². The van der Waals surface area contributed by atoms with Gasteiger partial charge in [0.05, 0.1) is 29.4 Å². The molecule has 1 heterocycles. The molecule has 0 aromatic heterocycles. The number of aliphatic hydroxyl groups is 2. The van der Waals surface area contributed by atoms with Gasteiger partial charge in [-0.2, -0.15) is 0 Å². The monoisotopic (exact) mass is 358 g/mol. The molecule has 0 spiro atoms. The van der Waals surface area contributed by atoms with E-state index in [2.05, 4.69) is 0 Å². The smallest absolute Gasteiger partial charge is 0.269 e. The summed E-state index contributed by atoms with van der Waals surface area (Å²) in [7, 11) is 0. The van der Waals surface area contributed by atoms with Crippen molar-refractivity contribution in [2.24, 2.45) is 23.7 Å². The predicted molar refractivity (Wildman–Crippen MR) is 88.5 cm³/mol. The predicted octanol–water partition coefficient (Wildman–Crippen LogP) is 0.796. The Morgan fingerprint density at radius 1 is 1.12 bits per heavy atom. The number of aliphatic hydroxyl groups excluding tert-OH is 2. The van der Waals surface area contributed by atoms with Gasteiger partial charge in [0.15, 0.2) is 0 Å². The molecule has 2 fully saturated rings. The summed E-state index contributed by atoms with van der Waals surface area (Å²) in [5.41, 5.74) is 0.167. The molecule has 2 amide bonds. The van der Waals surface area contributed by atoms with Crippen LogP contribution in [0.1, 0.15) is 18.1 Å². The lowest BCUT2D eigenvalue weighted by Gasteiger charge is -2.30.